The number of methoxy groups -OCH3 is 2. The van der Waals surface area contributed by atoms with Crippen molar-refractivity contribution in [3.8, 4) is 0 Å². The van der Waals surface area contributed by atoms with Crippen molar-refractivity contribution in [1.82, 2.24) is 9.80 Å². The molecule has 2 fully saturated rings. The molecule has 0 saturated carbocycles. The highest BCUT2D eigenvalue weighted by Gasteiger charge is 2.48. The second kappa shape index (κ2) is 11.3. The fourth-order valence-corrected chi connectivity index (χ4v) is 4.70. The molecule has 2 aliphatic heterocycles. The Balaban J connectivity index is 0.000000479. The predicted octanol–water partition coefficient (Wildman–Crippen LogP) is 2.98. The van der Waals surface area contributed by atoms with Crippen LogP contribution in [-0.2, 0) is 14.3 Å². The average molecular weight is 479 g/mol. The van der Waals surface area contributed by atoms with Crippen molar-refractivity contribution in [2.75, 3.05) is 60.2 Å². The summed E-state index contributed by atoms with van der Waals surface area (Å²) in [5.41, 5.74) is 0.960. The summed E-state index contributed by atoms with van der Waals surface area (Å²) in [5.74, 6) is -0.612. The lowest BCUT2D eigenvalue weighted by Gasteiger charge is -2.42. The third-order valence-electron chi connectivity index (χ3n) is 6.42. The molecular formula is C22H33F3N2O6. The number of amides is 1. The Morgan fingerprint density at radius 1 is 1.21 bits per heavy atom. The maximum Gasteiger partial charge on any atom is 0.490 e. The standard InChI is InChI=1S/C20H32N2O4.C2HF3O2/c1-15-11-18(16(2)26-15)19(23)22-7-5-20(6-8-22)14-21(9-10-24-3)12-17(20)13-25-4;3-2(4,5)1(6)7/h11,17H,5-10,12-14H2,1-4H3;(H,6,7). The summed E-state index contributed by atoms with van der Waals surface area (Å²) in [7, 11) is 3.54. The lowest BCUT2D eigenvalue weighted by Crippen LogP contribution is -2.47. The highest BCUT2D eigenvalue weighted by molar-refractivity contribution is 5.95. The number of likely N-dealkylation sites (tertiary alicyclic amines) is 2. The van der Waals surface area contributed by atoms with Crippen LogP contribution in [0, 0.1) is 25.2 Å². The van der Waals surface area contributed by atoms with Crippen molar-refractivity contribution in [1.29, 1.82) is 0 Å². The van der Waals surface area contributed by atoms with Gasteiger partial charge in [0.15, 0.2) is 0 Å². The largest absolute Gasteiger partial charge is 0.490 e. The number of hydrogen-bond donors (Lipinski definition) is 1. The molecule has 33 heavy (non-hydrogen) atoms. The molecule has 1 aromatic heterocycles. The summed E-state index contributed by atoms with van der Waals surface area (Å²) in [6, 6.07) is 1.86. The van der Waals surface area contributed by atoms with Crippen LogP contribution in [0.25, 0.3) is 0 Å². The van der Waals surface area contributed by atoms with E-state index in [1.807, 2.05) is 24.8 Å². The molecule has 0 radical (unpaired) electrons. The zero-order valence-electron chi connectivity index (χ0n) is 19.5. The summed E-state index contributed by atoms with van der Waals surface area (Å²) in [6.45, 7) is 10.0. The van der Waals surface area contributed by atoms with Crippen LogP contribution in [0.1, 0.15) is 34.7 Å². The van der Waals surface area contributed by atoms with Crippen LogP contribution in [0.3, 0.4) is 0 Å². The van der Waals surface area contributed by atoms with Crippen molar-refractivity contribution in [3.63, 3.8) is 0 Å². The Morgan fingerprint density at radius 3 is 2.27 bits per heavy atom. The van der Waals surface area contributed by atoms with Crippen LogP contribution in [0.5, 0.6) is 0 Å². The number of hydrogen-bond acceptors (Lipinski definition) is 6. The van der Waals surface area contributed by atoms with Gasteiger partial charge in [0.25, 0.3) is 5.91 Å². The molecule has 8 nitrogen and oxygen atoms in total. The molecule has 1 N–H and O–H groups in total. The van der Waals surface area contributed by atoms with E-state index in [1.165, 1.54) is 0 Å². The van der Waals surface area contributed by atoms with Gasteiger partial charge in [-0.3, -0.25) is 4.79 Å². The van der Waals surface area contributed by atoms with E-state index in [-0.39, 0.29) is 11.3 Å². The highest BCUT2D eigenvalue weighted by Crippen LogP contribution is 2.45. The molecule has 188 valence electrons. The molecule has 1 amide bonds. The molecule has 1 unspecified atom stereocenters. The monoisotopic (exact) mass is 478 g/mol. The average Bonchev–Trinajstić information content (AvgIpc) is 3.25. The summed E-state index contributed by atoms with van der Waals surface area (Å²) < 4.78 is 48.0. The van der Waals surface area contributed by atoms with Gasteiger partial charge in [0.05, 0.1) is 18.8 Å². The Labute approximate surface area is 191 Å². The van der Waals surface area contributed by atoms with E-state index in [0.717, 1.165) is 70.3 Å². The van der Waals surface area contributed by atoms with Crippen LogP contribution in [0.4, 0.5) is 13.2 Å². The minimum Gasteiger partial charge on any atom is -0.475 e. The summed E-state index contributed by atoms with van der Waals surface area (Å²) >= 11 is 0. The first-order valence-corrected chi connectivity index (χ1v) is 10.8. The molecular weight excluding hydrogens is 445 g/mol. The Morgan fingerprint density at radius 2 is 1.82 bits per heavy atom. The minimum absolute atomic E-state index is 0.103. The van der Waals surface area contributed by atoms with Crippen molar-refractivity contribution in [2.24, 2.45) is 11.3 Å². The normalized spacial score (nSPS) is 20.6. The Hall–Kier alpha value is -2.11. The van der Waals surface area contributed by atoms with Gasteiger partial charge in [-0.1, -0.05) is 0 Å². The van der Waals surface area contributed by atoms with E-state index < -0.39 is 12.1 Å². The molecule has 1 aromatic rings. The molecule has 1 atom stereocenters. The molecule has 11 heteroatoms. The Bertz CT molecular complexity index is 803. The highest BCUT2D eigenvalue weighted by atomic mass is 19.4. The maximum atomic E-state index is 12.9. The molecule has 0 bridgehead atoms. The fourth-order valence-electron chi connectivity index (χ4n) is 4.70. The van der Waals surface area contributed by atoms with Gasteiger partial charge in [0, 0.05) is 52.9 Å². The number of piperidine rings is 1. The summed E-state index contributed by atoms with van der Waals surface area (Å²) in [6.07, 6.45) is -3.02. The number of aryl methyl sites for hydroxylation is 2. The molecule has 2 saturated heterocycles. The van der Waals surface area contributed by atoms with Crippen LogP contribution >= 0.6 is 0 Å². The summed E-state index contributed by atoms with van der Waals surface area (Å²) in [5, 5.41) is 7.12. The van der Waals surface area contributed by atoms with E-state index in [0.29, 0.717) is 11.5 Å². The molecule has 3 heterocycles. The SMILES string of the molecule is COCCN1CC(COC)C2(CCN(C(=O)c3cc(C)oc3C)CC2)C1.O=C(O)C(F)(F)F. The smallest absolute Gasteiger partial charge is 0.475 e. The zero-order valence-corrected chi connectivity index (χ0v) is 19.5. The first kappa shape index (κ1) is 27.1. The fraction of sp³-hybridized carbons (Fsp3) is 0.727. The number of carbonyl (C=O) groups excluding carboxylic acids is 1. The summed E-state index contributed by atoms with van der Waals surface area (Å²) in [4.78, 5) is 26.2. The van der Waals surface area contributed by atoms with Gasteiger partial charge in [-0.2, -0.15) is 13.2 Å². The van der Waals surface area contributed by atoms with Gasteiger partial charge in [-0.15, -0.1) is 0 Å². The third kappa shape index (κ3) is 6.94. The third-order valence-corrected chi connectivity index (χ3v) is 6.42. The van der Waals surface area contributed by atoms with E-state index in [2.05, 4.69) is 4.90 Å². The van der Waals surface area contributed by atoms with Gasteiger partial charge in [0.1, 0.15) is 11.5 Å². The number of halogens is 3. The van der Waals surface area contributed by atoms with Gasteiger partial charge < -0.3 is 28.8 Å². The van der Waals surface area contributed by atoms with E-state index in [9.17, 15) is 18.0 Å². The lowest BCUT2D eigenvalue weighted by atomic mass is 9.71. The number of carboxylic acid groups (broad SMARTS) is 1. The topological polar surface area (TPSA) is 92.5 Å². The predicted molar refractivity (Wildman–Crippen MR) is 113 cm³/mol. The molecule has 0 aromatic carbocycles. The number of nitrogens with zero attached hydrogens (tertiary/aromatic N) is 2. The van der Waals surface area contributed by atoms with E-state index >= 15 is 0 Å². The molecule has 3 rings (SSSR count). The first-order valence-electron chi connectivity index (χ1n) is 10.8. The number of aliphatic carboxylic acids is 1. The van der Waals surface area contributed by atoms with Crippen molar-refractivity contribution in [3.05, 3.63) is 23.2 Å². The number of alkyl halides is 3. The minimum atomic E-state index is -5.08. The number of carbonyl (C=O) groups is 2. The maximum absolute atomic E-state index is 12.9. The van der Waals surface area contributed by atoms with Crippen LogP contribution in [-0.4, -0.2) is 93.1 Å². The number of ether oxygens (including phenoxy) is 2. The van der Waals surface area contributed by atoms with Gasteiger partial charge in [0.2, 0.25) is 0 Å². The quantitative estimate of drug-likeness (QED) is 0.672. The van der Waals surface area contributed by atoms with Gasteiger partial charge in [-0.25, -0.2) is 4.79 Å². The lowest BCUT2D eigenvalue weighted by molar-refractivity contribution is -0.192. The van der Waals surface area contributed by atoms with E-state index in [4.69, 9.17) is 23.8 Å². The number of rotatable bonds is 6. The van der Waals surface area contributed by atoms with Gasteiger partial charge >= 0.3 is 12.1 Å². The molecule has 0 aliphatic carbocycles. The van der Waals surface area contributed by atoms with Crippen molar-refractivity contribution < 1.29 is 41.8 Å². The van der Waals surface area contributed by atoms with Crippen molar-refractivity contribution in [2.45, 2.75) is 32.9 Å². The zero-order chi connectivity index (χ0) is 24.8. The van der Waals surface area contributed by atoms with Crippen molar-refractivity contribution >= 4 is 11.9 Å². The molecule has 2 aliphatic rings. The first-order chi connectivity index (χ1) is 15.4. The van der Waals surface area contributed by atoms with Crippen LogP contribution in [0.2, 0.25) is 0 Å². The van der Waals surface area contributed by atoms with Gasteiger partial charge in [-0.05, 0) is 38.2 Å². The number of carboxylic acids is 1. The Kier molecular flexibility index (Phi) is 9.33. The van der Waals surface area contributed by atoms with Crippen LogP contribution in [0.15, 0.2) is 10.5 Å². The van der Waals surface area contributed by atoms with E-state index in [1.54, 1.807) is 14.2 Å². The van der Waals surface area contributed by atoms with Crippen LogP contribution < -0.4 is 0 Å². The second-order valence-corrected chi connectivity index (χ2v) is 8.66. The second-order valence-electron chi connectivity index (χ2n) is 8.66. The number of furan rings is 1. The molecule has 1 spiro atoms.